The molecule has 138 valence electrons. The van der Waals surface area contributed by atoms with Crippen LogP contribution < -0.4 is 0 Å². The van der Waals surface area contributed by atoms with Crippen LogP contribution >= 0.6 is 0 Å². The predicted molar refractivity (Wildman–Crippen MR) is 98.8 cm³/mol. The van der Waals surface area contributed by atoms with Gasteiger partial charge in [0.15, 0.2) is 0 Å². The van der Waals surface area contributed by atoms with Crippen molar-refractivity contribution in [2.75, 3.05) is 27.2 Å². The Morgan fingerprint density at radius 3 is 2.88 bits per heavy atom. The van der Waals surface area contributed by atoms with Gasteiger partial charge in [-0.2, -0.15) is 5.26 Å². The Hall–Kier alpha value is -2.23. The molecule has 1 aromatic carbocycles. The number of rotatable bonds is 5. The van der Waals surface area contributed by atoms with Crippen molar-refractivity contribution in [2.45, 2.75) is 25.4 Å². The molecule has 1 saturated heterocycles. The minimum Gasteiger partial charge on any atom is -0.336 e. The number of hydrogen-bond donors (Lipinski definition) is 0. The summed E-state index contributed by atoms with van der Waals surface area (Å²) in [5, 5.41) is 9.26. The molecule has 0 aliphatic carbocycles. The second kappa shape index (κ2) is 7.98. The fraction of sp³-hybridized carbons (Fsp3) is 0.500. The zero-order valence-corrected chi connectivity index (χ0v) is 15.7. The van der Waals surface area contributed by atoms with Crippen LogP contribution in [0.15, 0.2) is 30.7 Å². The van der Waals surface area contributed by atoms with Crippen LogP contribution in [0.4, 0.5) is 4.39 Å². The zero-order chi connectivity index (χ0) is 18.7. The van der Waals surface area contributed by atoms with Gasteiger partial charge in [0.05, 0.1) is 29.7 Å². The molecule has 3 rings (SSSR count). The average molecular weight is 355 g/mol. The van der Waals surface area contributed by atoms with E-state index in [0.29, 0.717) is 24.1 Å². The Balaban J connectivity index is 1.74. The first-order chi connectivity index (χ1) is 12.5. The number of hydrogen-bond acceptors (Lipinski definition) is 4. The van der Waals surface area contributed by atoms with E-state index in [0.717, 1.165) is 18.7 Å². The van der Waals surface area contributed by atoms with Gasteiger partial charge in [-0.25, -0.2) is 9.37 Å². The SMILES string of the molecule is CN(Cc1ccc(F)cc1C#N)C[C@@H]1CCCN(C)[C@H]1c1cncn1C. The Bertz CT molecular complexity index is 794. The Morgan fingerprint density at radius 1 is 1.38 bits per heavy atom. The summed E-state index contributed by atoms with van der Waals surface area (Å²) in [6.45, 7) is 2.65. The van der Waals surface area contributed by atoms with Gasteiger partial charge in [0, 0.05) is 26.3 Å². The Kier molecular flexibility index (Phi) is 5.70. The smallest absolute Gasteiger partial charge is 0.124 e. The number of nitriles is 1. The van der Waals surface area contributed by atoms with Crippen molar-refractivity contribution in [2.24, 2.45) is 13.0 Å². The van der Waals surface area contributed by atoms with E-state index in [4.69, 9.17) is 0 Å². The van der Waals surface area contributed by atoms with E-state index in [1.54, 1.807) is 6.07 Å². The number of likely N-dealkylation sites (tertiary alicyclic amines) is 1. The van der Waals surface area contributed by atoms with Gasteiger partial charge in [-0.1, -0.05) is 6.07 Å². The summed E-state index contributed by atoms with van der Waals surface area (Å²) in [5.41, 5.74) is 2.53. The molecule has 2 heterocycles. The summed E-state index contributed by atoms with van der Waals surface area (Å²) in [5.74, 6) is 0.123. The molecule has 26 heavy (non-hydrogen) atoms. The molecule has 0 saturated carbocycles. The van der Waals surface area contributed by atoms with Gasteiger partial charge in [0.1, 0.15) is 5.82 Å². The molecule has 1 aliphatic rings. The highest BCUT2D eigenvalue weighted by molar-refractivity contribution is 5.37. The third-order valence-corrected chi connectivity index (χ3v) is 5.34. The topological polar surface area (TPSA) is 48.1 Å². The molecule has 0 amide bonds. The second-order valence-corrected chi connectivity index (χ2v) is 7.37. The third-order valence-electron chi connectivity index (χ3n) is 5.34. The maximum atomic E-state index is 13.4. The highest BCUT2D eigenvalue weighted by Gasteiger charge is 2.32. The van der Waals surface area contributed by atoms with Gasteiger partial charge in [0.2, 0.25) is 0 Å². The lowest BCUT2D eigenvalue weighted by atomic mass is 9.87. The van der Waals surface area contributed by atoms with Crippen LogP contribution in [-0.4, -0.2) is 46.5 Å². The normalized spacial score (nSPS) is 21.1. The maximum absolute atomic E-state index is 13.4. The largest absolute Gasteiger partial charge is 0.336 e. The first-order valence-electron chi connectivity index (χ1n) is 9.03. The fourth-order valence-corrected chi connectivity index (χ4v) is 4.12. The van der Waals surface area contributed by atoms with E-state index in [1.807, 2.05) is 19.6 Å². The predicted octanol–water partition coefficient (Wildman–Crippen LogP) is 2.95. The van der Waals surface area contributed by atoms with Crippen LogP contribution in [0.5, 0.6) is 0 Å². The zero-order valence-electron chi connectivity index (χ0n) is 15.7. The van der Waals surface area contributed by atoms with E-state index >= 15 is 0 Å². The molecule has 1 aliphatic heterocycles. The van der Waals surface area contributed by atoms with Crippen molar-refractivity contribution in [3.05, 3.63) is 53.4 Å². The second-order valence-electron chi connectivity index (χ2n) is 7.37. The van der Waals surface area contributed by atoms with Gasteiger partial charge in [-0.3, -0.25) is 4.90 Å². The lowest BCUT2D eigenvalue weighted by molar-refractivity contribution is 0.0880. The van der Waals surface area contributed by atoms with Gasteiger partial charge < -0.3 is 9.47 Å². The summed E-state index contributed by atoms with van der Waals surface area (Å²) >= 11 is 0. The molecule has 2 aromatic rings. The van der Waals surface area contributed by atoms with Crippen molar-refractivity contribution in [3.8, 4) is 6.07 Å². The van der Waals surface area contributed by atoms with E-state index < -0.39 is 0 Å². The van der Waals surface area contributed by atoms with E-state index in [1.165, 1.54) is 30.7 Å². The van der Waals surface area contributed by atoms with Crippen molar-refractivity contribution in [3.63, 3.8) is 0 Å². The van der Waals surface area contributed by atoms with E-state index in [2.05, 4.69) is 39.5 Å². The van der Waals surface area contributed by atoms with E-state index in [-0.39, 0.29) is 5.82 Å². The number of halogens is 1. The van der Waals surface area contributed by atoms with Crippen LogP contribution in [0.2, 0.25) is 0 Å². The number of benzene rings is 1. The molecule has 0 unspecified atom stereocenters. The molecule has 0 N–H and O–H groups in total. The molecule has 6 heteroatoms. The highest BCUT2D eigenvalue weighted by atomic mass is 19.1. The highest BCUT2D eigenvalue weighted by Crippen LogP contribution is 2.35. The van der Waals surface area contributed by atoms with Crippen molar-refractivity contribution in [1.82, 2.24) is 19.4 Å². The quantitative estimate of drug-likeness (QED) is 0.827. The molecule has 0 radical (unpaired) electrons. The number of nitrogens with zero attached hydrogens (tertiary/aromatic N) is 5. The standard InChI is InChI=1S/C20H26FN5/c1-24(12-15-6-7-18(21)9-17(15)10-22)13-16-5-4-8-25(2)20(16)19-11-23-14-26(19)3/h6-7,9,11,14,16,20H,4-5,8,12-13H2,1-3H3/t16-,20+/m0/s1. The molecule has 2 atom stereocenters. The van der Waals surface area contributed by atoms with Crippen LogP contribution in [0.3, 0.4) is 0 Å². The maximum Gasteiger partial charge on any atom is 0.124 e. The minimum atomic E-state index is -0.363. The van der Waals surface area contributed by atoms with Crippen molar-refractivity contribution < 1.29 is 4.39 Å². The van der Waals surface area contributed by atoms with Crippen LogP contribution in [0.1, 0.15) is 35.7 Å². The first-order valence-corrected chi connectivity index (χ1v) is 9.03. The minimum absolute atomic E-state index is 0.336. The van der Waals surface area contributed by atoms with Gasteiger partial charge in [0.25, 0.3) is 0 Å². The Morgan fingerprint density at radius 2 is 2.19 bits per heavy atom. The molecular formula is C20H26FN5. The van der Waals surface area contributed by atoms with Crippen molar-refractivity contribution >= 4 is 0 Å². The van der Waals surface area contributed by atoms with Crippen molar-refractivity contribution in [1.29, 1.82) is 5.26 Å². The van der Waals surface area contributed by atoms with Gasteiger partial charge >= 0.3 is 0 Å². The van der Waals surface area contributed by atoms with Crippen LogP contribution in [0, 0.1) is 23.1 Å². The molecule has 0 spiro atoms. The Labute approximate surface area is 154 Å². The summed E-state index contributed by atoms with van der Waals surface area (Å²) in [6, 6.07) is 6.90. The molecule has 0 bridgehead atoms. The molecule has 1 aromatic heterocycles. The third kappa shape index (κ3) is 3.95. The molecular weight excluding hydrogens is 329 g/mol. The first kappa shape index (κ1) is 18.6. The number of piperidine rings is 1. The molecule has 1 fully saturated rings. The number of aryl methyl sites for hydroxylation is 1. The summed E-state index contributed by atoms with van der Waals surface area (Å²) in [6.07, 6.45) is 6.17. The summed E-state index contributed by atoms with van der Waals surface area (Å²) in [7, 11) is 6.29. The lowest BCUT2D eigenvalue weighted by Crippen LogP contribution is -2.41. The molecule has 5 nitrogen and oxygen atoms in total. The summed E-state index contributed by atoms with van der Waals surface area (Å²) < 4.78 is 15.5. The van der Waals surface area contributed by atoms with Crippen LogP contribution in [-0.2, 0) is 13.6 Å². The van der Waals surface area contributed by atoms with Crippen LogP contribution in [0.25, 0.3) is 0 Å². The lowest BCUT2D eigenvalue weighted by Gasteiger charge is -2.40. The number of aromatic nitrogens is 2. The monoisotopic (exact) mass is 355 g/mol. The number of imidazole rings is 1. The van der Waals surface area contributed by atoms with Gasteiger partial charge in [-0.05, 0) is 57.1 Å². The van der Waals surface area contributed by atoms with Gasteiger partial charge in [-0.15, -0.1) is 0 Å². The fourth-order valence-electron chi connectivity index (χ4n) is 4.12. The average Bonchev–Trinajstić information content (AvgIpc) is 3.02. The summed E-state index contributed by atoms with van der Waals surface area (Å²) in [4.78, 5) is 8.95. The van der Waals surface area contributed by atoms with E-state index in [9.17, 15) is 9.65 Å².